The molecular formula is C20H24BrNO3. The normalized spacial score (nSPS) is 10.6. The molecule has 0 aliphatic carbocycles. The molecule has 0 aliphatic heterocycles. The number of benzene rings is 2. The van der Waals surface area contributed by atoms with Crippen LogP contribution in [0.2, 0.25) is 0 Å². The zero-order valence-electron chi connectivity index (χ0n) is 14.8. The van der Waals surface area contributed by atoms with Gasteiger partial charge in [-0.3, -0.25) is 4.79 Å². The van der Waals surface area contributed by atoms with E-state index in [1.807, 2.05) is 43.3 Å². The number of halogens is 1. The maximum atomic E-state index is 12.7. The van der Waals surface area contributed by atoms with Crippen molar-refractivity contribution in [2.24, 2.45) is 5.92 Å². The first-order valence-electron chi connectivity index (χ1n) is 8.46. The Labute approximate surface area is 157 Å². The summed E-state index contributed by atoms with van der Waals surface area (Å²) in [5, 5.41) is 2.90. The van der Waals surface area contributed by atoms with Gasteiger partial charge in [0.1, 0.15) is 11.5 Å². The third-order valence-corrected chi connectivity index (χ3v) is 4.06. The molecule has 134 valence electrons. The maximum absolute atomic E-state index is 12.7. The summed E-state index contributed by atoms with van der Waals surface area (Å²) in [5.74, 6) is 1.72. The summed E-state index contributed by atoms with van der Waals surface area (Å²) < 4.78 is 12.1. The average Bonchev–Trinajstić information content (AvgIpc) is 2.58. The molecule has 0 radical (unpaired) electrons. The van der Waals surface area contributed by atoms with Crippen LogP contribution in [0.15, 0.2) is 46.9 Å². The van der Waals surface area contributed by atoms with Crippen LogP contribution in [0.1, 0.15) is 37.6 Å². The Morgan fingerprint density at radius 2 is 1.84 bits per heavy atom. The lowest BCUT2D eigenvalue weighted by Crippen LogP contribution is -2.14. The van der Waals surface area contributed by atoms with Crippen LogP contribution in [0.25, 0.3) is 0 Å². The van der Waals surface area contributed by atoms with Gasteiger partial charge in [0.2, 0.25) is 0 Å². The van der Waals surface area contributed by atoms with E-state index >= 15 is 0 Å². The third kappa shape index (κ3) is 6.09. The van der Waals surface area contributed by atoms with E-state index in [9.17, 15) is 4.79 Å². The summed E-state index contributed by atoms with van der Waals surface area (Å²) in [6.45, 7) is 7.42. The lowest BCUT2D eigenvalue weighted by molar-refractivity contribution is 0.102. The van der Waals surface area contributed by atoms with Gasteiger partial charge in [0, 0.05) is 10.2 Å². The molecule has 0 bridgehead atoms. The second-order valence-corrected chi connectivity index (χ2v) is 7.00. The third-order valence-electron chi connectivity index (χ3n) is 3.56. The lowest BCUT2D eigenvalue weighted by Gasteiger charge is -2.13. The van der Waals surface area contributed by atoms with E-state index in [0.29, 0.717) is 36.1 Å². The molecule has 0 aliphatic rings. The van der Waals surface area contributed by atoms with Gasteiger partial charge >= 0.3 is 0 Å². The van der Waals surface area contributed by atoms with Gasteiger partial charge in [-0.1, -0.05) is 29.8 Å². The largest absolute Gasteiger partial charge is 0.494 e. The number of hydrogen-bond acceptors (Lipinski definition) is 3. The molecule has 0 saturated heterocycles. The van der Waals surface area contributed by atoms with Crippen molar-refractivity contribution in [1.29, 1.82) is 0 Å². The summed E-state index contributed by atoms with van der Waals surface area (Å²) in [6.07, 6.45) is 0.940. The van der Waals surface area contributed by atoms with Crippen LogP contribution in [-0.2, 0) is 0 Å². The Balaban J connectivity index is 2.10. The summed E-state index contributed by atoms with van der Waals surface area (Å²) in [6, 6.07) is 12.8. The topological polar surface area (TPSA) is 47.6 Å². The highest BCUT2D eigenvalue weighted by Gasteiger charge is 2.14. The van der Waals surface area contributed by atoms with Gasteiger partial charge in [0.15, 0.2) is 0 Å². The zero-order chi connectivity index (χ0) is 18.2. The van der Waals surface area contributed by atoms with Gasteiger partial charge in [-0.05, 0) is 61.7 Å². The molecule has 0 unspecified atom stereocenters. The SMILES string of the molecule is CCOc1ccc(NC(=O)c2cc(Br)ccc2OCCC(C)C)cc1. The molecule has 4 nitrogen and oxygen atoms in total. The minimum Gasteiger partial charge on any atom is -0.494 e. The van der Waals surface area contributed by atoms with Crippen LogP contribution in [-0.4, -0.2) is 19.1 Å². The average molecular weight is 406 g/mol. The monoisotopic (exact) mass is 405 g/mol. The summed E-state index contributed by atoms with van der Waals surface area (Å²) in [7, 11) is 0. The molecule has 0 aromatic heterocycles. The van der Waals surface area contributed by atoms with Gasteiger partial charge in [-0.25, -0.2) is 0 Å². The Kier molecular flexibility index (Phi) is 7.31. The first-order valence-corrected chi connectivity index (χ1v) is 9.25. The van der Waals surface area contributed by atoms with Crippen molar-refractivity contribution in [3.8, 4) is 11.5 Å². The van der Waals surface area contributed by atoms with E-state index in [2.05, 4.69) is 35.1 Å². The predicted octanol–water partition coefficient (Wildman–Crippen LogP) is 5.53. The second kappa shape index (κ2) is 9.47. The number of carbonyl (C=O) groups is 1. The molecule has 1 N–H and O–H groups in total. The number of ether oxygens (including phenoxy) is 2. The molecule has 2 aromatic carbocycles. The first-order chi connectivity index (χ1) is 12.0. The molecule has 2 aromatic rings. The van der Waals surface area contributed by atoms with Crippen LogP contribution in [0.3, 0.4) is 0 Å². The Bertz CT molecular complexity index is 699. The molecule has 0 spiro atoms. The minimum atomic E-state index is -0.204. The van der Waals surface area contributed by atoms with Crippen LogP contribution in [0, 0.1) is 5.92 Å². The highest BCUT2D eigenvalue weighted by Crippen LogP contribution is 2.25. The molecule has 0 fully saturated rings. The lowest BCUT2D eigenvalue weighted by atomic mass is 10.1. The fraction of sp³-hybridized carbons (Fsp3) is 0.350. The summed E-state index contributed by atoms with van der Waals surface area (Å²) in [5.41, 5.74) is 1.22. The molecule has 25 heavy (non-hydrogen) atoms. The predicted molar refractivity (Wildman–Crippen MR) is 105 cm³/mol. The van der Waals surface area contributed by atoms with E-state index < -0.39 is 0 Å². The highest BCUT2D eigenvalue weighted by atomic mass is 79.9. The number of amides is 1. The summed E-state index contributed by atoms with van der Waals surface area (Å²) >= 11 is 3.42. The number of rotatable bonds is 8. The minimum absolute atomic E-state index is 0.204. The van der Waals surface area contributed by atoms with E-state index in [1.165, 1.54) is 0 Å². The molecule has 0 heterocycles. The standard InChI is InChI=1S/C20H24BrNO3/c1-4-24-17-8-6-16(7-9-17)22-20(23)18-13-15(21)5-10-19(18)25-12-11-14(2)3/h5-10,13-14H,4,11-12H2,1-3H3,(H,22,23). The Morgan fingerprint density at radius 1 is 1.12 bits per heavy atom. The van der Waals surface area contributed by atoms with E-state index in [0.717, 1.165) is 16.6 Å². The van der Waals surface area contributed by atoms with Gasteiger partial charge in [-0.2, -0.15) is 0 Å². The van der Waals surface area contributed by atoms with Gasteiger partial charge in [0.05, 0.1) is 18.8 Å². The zero-order valence-corrected chi connectivity index (χ0v) is 16.4. The van der Waals surface area contributed by atoms with Crippen molar-refractivity contribution in [3.05, 3.63) is 52.5 Å². The van der Waals surface area contributed by atoms with E-state index in [1.54, 1.807) is 6.07 Å². The smallest absolute Gasteiger partial charge is 0.259 e. The molecule has 5 heteroatoms. The van der Waals surface area contributed by atoms with Crippen molar-refractivity contribution < 1.29 is 14.3 Å². The molecule has 0 atom stereocenters. The van der Waals surface area contributed by atoms with Crippen molar-refractivity contribution in [2.75, 3.05) is 18.5 Å². The molecule has 2 rings (SSSR count). The van der Waals surface area contributed by atoms with Gasteiger partial charge < -0.3 is 14.8 Å². The van der Waals surface area contributed by atoms with Crippen LogP contribution in [0.4, 0.5) is 5.69 Å². The summed E-state index contributed by atoms with van der Waals surface area (Å²) in [4.78, 5) is 12.7. The first kappa shape index (κ1) is 19.3. The van der Waals surface area contributed by atoms with E-state index in [4.69, 9.17) is 9.47 Å². The van der Waals surface area contributed by atoms with E-state index in [-0.39, 0.29) is 5.91 Å². The van der Waals surface area contributed by atoms with Crippen LogP contribution < -0.4 is 14.8 Å². The van der Waals surface area contributed by atoms with Crippen molar-refractivity contribution in [3.63, 3.8) is 0 Å². The fourth-order valence-electron chi connectivity index (χ4n) is 2.21. The molecular weight excluding hydrogens is 382 g/mol. The molecule has 0 saturated carbocycles. The maximum Gasteiger partial charge on any atom is 0.259 e. The van der Waals surface area contributed by atoms with Crippen molar-refractivity contribution >= 4 is 27.5 Å². The van der Waals surface area contributed by atoms with Crippen LogP contribution in [0.5, 0.6) is 11.5 Å². The number of carbonyl (C=O) groups excluding carboxylic acids is 1. The van der Waals surface area contributed by atoms with Gasteiger partial charge in [0.25, 0.3) is 5.91 Å². The Morgan fingerprint density at radius 3 is 2.48 bits per heavy atom. The Hall–Kier alpha value is -2.01. The van der Waals surface area contributed by atoms with Crippen molar-refractivity contribution in [2.45, 2.75) is 27.2 Å². The van der Waals surface area contributed by atoms with Crippen molar-refractivity contribution in [1.82, 2.24) is 0 Å². The number of nitrogens with one attached hydrogen (secondary N) is 1. The number of anilines is 1. The van der Waals surface area contributed by atoms with Gasteiger partial charge in [-0.15, -0.1) is 0 Å². The van der Waals surface area contributed by atoms with Crippen LogP contribution >= 0.6 is 15.9 Å². The molecule has 1 amide bonds. The highest BCUT2D eigenvalue weighted by molar-refractivity contribution is 9.10. The number of hydrogen-bond donors (Lipinski definition) is 1. The fourth-order valence-corrected chi connectivity index (χ4v) is 2.57. The second-order valence-electron chi connectivity index (χ2n) is 6.08. The quantitative estimate of drug-likeness (QED) is 0.628.